The third-order valence-electron chi connectivity index (χ3n) is 4.01. The zero-order valence-electron chi connectivity index (χ0n) is 14.6. The summed E-state index contributed by atoms with van der Waals surface area (Å²) in [5.74, 6) is 1.79. The fourth-order valence-corrected chi connectivity index (χ4v) is 2.55. The van der Waals surface area contributed by atoms with Gasteiger partial charge in [0.2, 0.25) is 0 Å². The molecule has 0 saturated heterocycles. The van der Waals surface area contributed by atoms with E-state index in [2.05, 4.69) is 88.4 Å². The third kappa shape index (κ3) is 4.85. The predicted octanol–water partition coefficient (Wildman–Crippen LogP) is 6.33. The van der Waals surface area contributed by atoms with E-state index in [0.29, 0.717) is 0 Å². The second-order valence-electron chi connectivity index (χ2n) is 5.82. The molecule has 2 aromatic rings. The highest BCUT2D eigenvalue weighted by molar-refractivity contribution is 5.41. The molecule has 0 saturated carbocycles. The van der Waals surface area contributed by atoms with Crippen molar-refractivity contribution >= 4 is 0 Å². The molecule has 120 valence electrons. The number of benzene rings is 2. The SMILES string of the molecule is C/C=C/Cc1ccc(Oc2ccc(C/C=C/C)c(C)c2)cc1C. The number of aryl methyl sites for hydroxylation is 2. The lowest BCUT2D eigenvalue weighted by atomic mass is 10.0. The zero-order valence-corrected chi connectivity index (χ0v) is 14.6. The number of allylic oxidation sites excluding steroid dienone is 4. The summed E-state index contributed by atoms with van der Waals surface area (Å²) in [6.45, 7) is 8.37. The Morgan fingerprint density at radius 1 is 0.739 bits per heavy atom. The lowest BCUT2D eigenvalue weighted by Gasteiger charge is -2.11. The van der Waals surface area contributed by atoms with Gasteiger partial charge in [-0.1, -0.05) is 36.4 Å². The maximum Gasteiger partial charge on any atom is 0.127 e. The molecule has 0 heterocycles. The first-order chi connectivity index (χ1) is 11.1. The summed E-state index contributed by atoms with van der Waals surface area (Å²) in [7, 11) is 0. The summed E-state index contributed by atoms with van der Waals surface area (Å²) in [4.78, 5) is 0. The summed E-state index contributed by atoms with van der Waals surface area (Å²) in [6, 6.07) is 12.6. The molecule has 23 heavy (non-hydrogen) atoms. The van der Waals surface area contributed by atoms with Gasteiger partial charge in [0.25, 0.3) is 0 Å². The summed E-state index contributed by atoms with van der Waals surface area (Å²) < 4.78 is 6.02. The monoisotopic (exact) mass is 306 g/mol. The Morgan fingerprint density at radius 3 is 1.52 bits per heavy atom. The van der Waals surface area contributed by atoms with Gasteiger partial charge in [-0.3, -0.25) is 0 Å². The van der Waals surface area contributed by atoms with Crippen LogP contribution in [-0.2, 0) is 12.8 Å². The highest BCUT2D eigenvalue weighted by atomic mass is 16.5. The zero-order chi connectivity index (χ0) is 16.7. The van der Waals surface area contributed by atoms with Crippen molar-refractivity contribution in [3.8, 4) is 11.5 Å². The molecule has 0 spiro atoms. The molecule has 0 fully saturated rings. The summed E-state index contributed by atoms with van der Waals surface area (Å²) >= 11 is 0. The van der Waals surface area contributed by atoms with Crippen molar-refractivity contribution in [1.29, 1.82) is 0 Å². The molecular weight excluding hydrogens is 280 g/mol. The van der Waals surface area contributed by atoms with Crippen molar-refractivity contribution in [2.45, 2.75) is 40.5 Å². The van der Waals surface area contributed by atoms with Gasteiger partial charge in [0, 0.05) is 0 Å². The van der Waals surface area contributed by atoms with Crippen LogP contribution in [0.1, 0.15) is 36.1 Å². The number of hydrogen-bond donors (Lipinski definition) is 0. The van der Waals surface area contributed by atoms with E-state index in [9.17, 15) is 0 Å². The Labute approximate surface area is 140 Å². The van der Waals surface area contributed by atoms with Gasteiger partial charge in [-0.15, -0.1) is 0 Å². The molecule has 2 rings (SSSR count). The van der Waals surface area contributed by atoms with Crippen LogP contribution in [0.15, 0.2) is 60.7 Å². The standard InChI is InChI=1S/C22H26O/c1-5-7-9-19-11-13-21(15-17(19)3)23-22-14-12-20(10-8-6-2)18(4)16-22/h5-8,11-16H,9-10H2,1-4H3/b7-5+,8-6+. The van der Waals surface area contributed by atoms with Crippen LogP contribution in [0.25, 0.3) is 0 Å². The molecule has 0 amide bonds. The molecule has 1 nitrogen and oxygen atoms in total. The maximum atomic E-state index is 6.02. The third-order valence-corrected chi connectivity index (χ3v) is 4.01. The Balaban J connectivity index is 2.12. The fraction of sp³-hybridized carbons (Fsp3) is 0.273. The maximum absolute atomic E-state index is 6.02. The van der Waals surface area contributed by atoms with Gasteiger partial charge >= 0.3 is 0 Å². The van der Waals surface area contributed by atoms with Gasteiger partial charge in [0.05, 0.1) is 0 Å². The van der Waals surface area contributed by atoms with Gasteiger partial charge in [-0.05, 0) is 87.1 Å². The minimum Gasteiger partial charge on any atom is -0.457 e. The van der Waals surface area contributed by atoms with E-state index in [-0.39, 0.29) is 0 Å². The summed E-state index contributed by atoms with van der Waals surface area (Å²) in [5, 5.41) is 0. The van der Waals surface area contributed by atoms with Gasteiger partial charge in [0.15, 0.2) is 0 Å². The Bertz CT molecular complexity index is 646. The highest BCUT2D eigenvalue weighted by Gasteiger charge is 2.04. The first kappa shape index (κ1) is 17.1. The quantitative estimate of drug-likeness (QED) is 0.566. The molecule has 0 aliphatic rings. The van der Waals surface area contributed by atoms with Crippen molar-refractivity contribution < 1.29 is 4.74 Å². The molecular formula is C22H26O. The van der Waals surface area contributed by atoms with Crippen LogP contribution in [0.4, 0.5) is 0 Å². The van der Waals surface area contributed by atoms with Crippen molar-refractivity contribution in [2.24, 2.45) is 0 Å². The first-order valence-electron chi connectivity index (χ1n) is 8.23. The van der Waals surface area contributed by atoms with Crippen LogP contribution in [0.3, 0.4) is 0 Å². The van der Waals surface area contributed by atoms with Crippen molar-refractivity contribution in [2.75, 3.05) is 0 Å². The van der Waals surface area contributed by atoms with E-state index in [4.69, 9.17) is 4.74 Å². The molecule has 0 aromatic heterocycles. The molecule has 0 bridgehead atoms. The van der Waals surface area contributed by atoms with Crippen molar-refractivity contribution in [3.63, 3.8) is 0 Å². The second-order valence-corrected chi connectivity index (χ2v) is 5.82. The molecule has 0 radical (unpaired) electrons. The van der Waals surface area contributed by atoms with Gasteiger partial charge in [0.1, 0.15) is 11.5 Å². The van der Waals surface area contributed by atoms with E-state index in [0.717, 1.165) is 24.3 Å². The van der Waals surface area contributed by atoms with Crippen LogP contribution < -0.4 is 4.74 Å². The second kappa shape index (κ2) is 8.38. The molecule has 0 atom stereocenters. The molecule has 0 unspecified atom stereocenters. The fourth-order valence-electron chi connectivity index (χ4n) is 2.55. The minimum absolute atomic E-state index is 0.896. The molecule has 0 aliphatic carbocycles. The predicted molar refractivity (Wildman–Crippen MR) is 99.5 cm³/mol. The van der Waals surface area contributed by atoms with E-state index in [1.165, 1.54) is 22.3 Å². The van der Waals surface area contributed by atoms with Crippen LogP contribution in [0, 0.1) is 13.8 Å². The Hall–Kier alpha value is -2.28. The Morgan fingerprint density at radius 2 is 1.17 bits per heavy atom. The van der Waals surface area contributed by atoms with E-state index >= 15 is 0 Å². The van der Waals surface area contributed by atoms with E-state index < -0.39 is 0 Å². The first-order valence-corrected chi connectivity index (χ1v) is 8.23. The molecule has 0 aliphatic heterocycles. The van der Waals surface area contributed by atoms with Crippen LogP contribution in [0.5, 0.6) is 11.5 Å². The normalized spacial score (nSPS) is 11.5. The van der Waals surface area contributed by atoms with Gasteiger partial charge in [-0.2, -0.15) is 0 Å². The number of hydrogen-bond acceptors (Lipinski definition) is 1. The minimum atomic E-state index is 0.896. The average Bonchev–Trinajstić information content (AvgIpc) is 2.53. The van der Waals surface area contributed by atoms with Crippen LogP contribution in [-0.4, -0.2) is 0 Å². The van der Waals surface area contributed by atoms with Crippen molar-refractivity contribution in [1.82, 2.24) is 0 Å². The lowest BCUT2D eigenvalue weighted by molar-refractivity contribution is 0.481. The van der Waals surface area contributed by atoms with Gasteiger partial charge in [-0.25, -0.2) is 0 Å². The van der Waals surface area contributed by atoms with Crippen molar-refractivity contribution in [3.05, 3.63) is 83.0 Å². The lowest BCUT2D eigenvalue weighted by Crippen LogP contribution is -1.92. The summed E-state index contributed by atoms with van der Waals surface area (Å²) in [6.07, 6.45) is 10.5. The van der Waals surface area contributed by atoms with Crippen LogP contribution in [0.2, 0.25) is 0 Å². The van der Waals surface area contributed by atoms with Gasteiger partial charge < -0.3 is 4.74 Å². The van der Waals surface area contributed by atoms with Crippen LogP contribution >= 0.6 is 0 Å². The average molecular weight is 306 g/mol. The number of rotatable bonds is 6. The Kier molecular flexibility index (Phi) is 6.22. The number of ether oxygens (including phenoxy) is 1. The van der Waals surface area contributed by atoms with E-state index in [1.54, 1.807) is 0 Å². The molecule has 2 aromatic carbocycles. The topological polar surface area (TPSA) is 9.23 Å². The molecule has 0 N–H and O–H groups in total. The van der Waals surface area contributed by atoms with E-state index in [1.807, 2.05) is 0 Å². The molecule has 1 heteroatoms. The summed E-state index contributed by atoms with van der Waals surface area (Å²) in [5.41, 5.74) is 5.21. The smallest absolute Gasteiger partial charge is 0.127 e. The highest BCUT2D eigenvalue weighted by Crippen LogP contribution is 2.26. The largest absolute Gasteiger partial charge is 0.457 e.